The molecule has 1 N–H and O–H groups in total. The molecule has 0 heterocycles. The van der Waals surface area contributed by atoms with Crippen molar-refractivity contribution in [2.45, 2.75) is 6.92 Å². The highest BCUT2D eigenvalue weighted by Gasteiger charge is 2.14. The number of carbonyl (C=O) groups is 2. The van der Waals surface area contributed by atoms with E-state index < -0.39 is 0 Å². The Morgan fingerprint density at radius 3 is 2.45 bits per heavy atom. The molecule has 1 rings (SSSR count). The Morgan fingerprint density at radius 2 is 1.95 bits per heavy atom. The number of hydrogen-bond donors (Lipinski definition) is 1. The van der Waals surface area contributed by atoms with E-state index >= 15 is 0 Å². The van der Waals surface area contributed by atoms with Gasteiger partial charge in [0.2, 0.25) is 11.8 Å². The van der Waals surface area contributed by atoms with Crippen molar-refractivity contribution in [3.8, 4) is 5.75 Å². The number of nitrogens with one attached hydrogen (secondary N) is 1. The SMILES string of the molecule is COc1ccc(NC(=O)CN(CCN(C)C)C(C)=O)cc1Cl. The number of amides is 2. The number of halogens is 1. The number of likely N-dealkylation sites (N-methyl/N-ethyl adjacent to an activating group) is 1. The summed E-state index contributed by atoms with van der Waals surface area (Å²) in [5.74, 6) is 0.135. The third-order valence-electron chi connectivity index (χ3n) is 3.03. The first-order valence-electron chi connectivity index (χ1n) is 6.87. The molecule has 0 saturated carbocycles. The maximum Gasteiger partial charge on any atom is 0.243 e. The number of nitrogens with zero attached hydrogens (tertiary/aromatic N) is 2. The van der Waals surface area contributed by atoms with E-state index in [0.717, 1.165) is 0 Å². The quantitative estimate of drug-likeness (QED) is 0.828. The Morgan fingerprint density at radius 1 is 1.27 bits per heavy atom. The maximum atomic E-state index is 12.0. The number of hydrogen-bond acceptors (Lipinski definition) is 4. The lowest BCUT2D eigenvalue weighted by molar-refractivity contribution is -0.132. The van der Waals surface area contributed by atoms with Gasteiger partial charge in [0.05, 0.1) is 18.7 Å². The zero-order valence-corrected chi connectivity index (χ0v) is 14.1. The fraction of sp³-hybridized carbons (Fsp3) is 0.467. The predicted octanol–water partition coefficient (Wildman–Crippen LogP) is 1.70. The van der Waals surface area contributed by atoms with Crippen LogP contribution in [0.5, 0.6) is 5.75 Å². The van der Waals surface area contributed by atoms with Gasteiger partial charge in [-0.2, -0.15) is 0 Å². The standard InChI is InChI=1S/C15H22ClN3O3/c1-11(20)19(8-7-18(2)3)10-15(21)17-12-5-6-14(22-4)13(16)9-12/h5-6,9H,7-8,10H2,1-4H3,(H,17,21). The second-order valence-corrected chi connectivity index (χ2v) is 5.55. The Labute approximate surface area is 136 Å². The molecule has 0 bridgehead atoms. The van der Waals surface area contributed by atoms with Crippen molar-refractivity contribution in [3.63, 3.8) is 0 Å². The Bertz CT molecular complexity index is 535. The minimum absolute atomic E-state index is 0.00677. The summed E-state index contributed by atoms with van der Waals surface area (Å²) in [5, 5.41) is 3.13. The van der Waals surface area contributed by atoms with Crippen molar-refractivity contribution in [2.75, 3.05) is 46.2 Å². The molecule has 6 nitrogen and oxygen atoms in total. The van der Waals surface area contributed by atoms with Crippen LogP contribution in [0.1, 0.15) is 6.92 Å². The van der Waals surface area contributed by atoms with Crippen molar-refractivity contribution in [1.29, 1.82) is 0 Å². The van der Waals surface area contributed by atoms with E-state index in [1.165, 1.54) is 18.9 Å². The number of anilines is 1. The number of carbonyl (C=O) groups excluding carboxylic acids is 2. The molecule has 22 heavy (non-hydrogen) atoms. The lowest BCUT2D eigenvalue weighted by atomic mass is 10.3. The topological polar surface area (TPSA) is 61.9 Å². The summed E-state index contributed by atoms with van der Waals surface area (Å²) in [6.45, 7) is 2.65. The highest BCUT2D eigenvalue weighted by atomic mass is 35.5. The number of methoxy groups -OCH3 is 1. The molecule has 0 aromatic heterocycles. The molecular formula is C15H22ClN3O3. The Hall–Kier alpha value is -1.79. The van der Waals surface area contributed by atoms with Gasteiger partial charge in [0, 0.05) is 25.7 Å². The van der Waals surface area contributed by atoms with Gasteiger partial charge >= 0.3 is 0 Å². The molecule has 0 spiro atoms. The van der Waals surface area contributed by atoms with Gasteiger partial charge in [-0.3, -0.25) is 9.59 Å². The van der Waals surface area contributed by atoms with E-state index in [-0.39, 0.29) is 18.4 Å². The molecule has 0 fully saturated rings. The first-order valence-corrected chi connectivity index (χ1v) is 7.25. The predicted molar refractivity (Wildman–Crippen MR) is 87.4 cm³/mol. The van der Waals surface area contributed by atoms with Crippen LogP contribution in [0, 0.1) is 0 Å². The van der Waals surface area contributed by atoms with E-state index in [0.29, 0.717) is 29.5 Å². The van der Waals surface area contributed by atoms with Crippen molar-refractivity contribution in [2.24, 2.45) is 0 Å². The van der Waals surface area contributed by atoms with Gasteiger partial charge in [-0.1, -0.05) is 11.6 Å². The van der Waals surface area contributed by atoms with E-state index in [1.54, 1.807) is 18.2 Å². The van der Waals surface area contributed by atoms with E-state index in [2.05, 4.69) is 5.32 Å². The molecule has 7 heteroatoms. The smallest absolute Gasteiger partial charge is 0.243 e. The fourth-order valence-electron chi connectivity index (χ4n) is 1.79. The molecular weight excluding hydrogens is 306 g/mol. The van der Waals surface area contributed by atoms with Crippen LogP contribution in [0.3, 0.4) is 0 Å². The molecule has 0 atom stereocenters. The molecule has 1 aromatic carbocycles. The second-order valence-electron chi connectivity index (χ2n) is 5.14. The Kier molecular flexibility index (Phi) is 7.14. The van der Waals surface area contributed by atoms with Gasteiger partial charge in [0.15, 0.2) is 0 Å². The molecule has 0 saturated heterocycles. The summed E-state index contributed by atoms with van der Waals surface area (Å²) < 4.78 is 5.05. The number of benzene rings is 1. The average molecular weight is 328 g/mol. The second kappa shape index (κ2) is 8.60. The maximum absolute atomic E-state index is 12.0. The van der Waals surface area contributed by atoms with E-state index in [9.17, 15) is 9.59 Å². The summed E-state index contributed by atoms with van der Waals surface area (Å²) in [5.41, 5.74) is 0.562. The van der Waals surface area contributed by atoms with Crippen LogP contribution in [0.2, 0.25) is 5.02 Å². The monoisotopic (exact) mass is 327 g/mol. The molecule has 2 amide bonds. The van der Waals surface area contributed by atoms with Crippen molar-refractivity contribution >= 4 is 29.1 Å². The van der Waals surface area contributed by atoms with Crippen LogP contribution in [0.4, 0.5) is 5.69 Å². The average Bonchev–Trinajstić information content (AvgIpc) is 2.43. The summed E-state index contributed by atoms with van der Waals surface area (Å²) >= 11 is 6.01. The first-order chi connectivity index (χ1) is 10.3. The highest BCUT2D eigenvalue weighted by Crippen LogP contribution is 2.27. The summed E-state index contributed by atoms with van der Waals surface area (Å²) in [7, 11) is 5.35. The molecule has 1 aromatic rings. The minimum Gasteiger partial charge on any atom is -0.495 e. The molecule has 0 radical (unpaired) electrons. The zero-order valence-electron chi connectivity index (χ0n) is 13.4. The molecule has 0 aliphatic rings. The number of rotatable bonds is 7. The summed E-state index contributed by atoms with van der Waals surface area (Å²) in [6.07, 6.45) is 0. The lowest BCUT2D eigenvalue weighted by Gasteiger charge is -2.22. The van der Waals surface area contributed by atoms with Gasteiger partial charge in [0.25, 0.3) is 0 Å². The van der Waals surface area contributed by atoms with Gasteiger partial charge in [-0.15, -0.1) is 0 Å². The van der Waals surface area contributed by atoms with Crippen LogP contribution in [-0.2, 0) is 9.59 Å². The zero-order chi connectivity index (χ0) is 16.7. The van der Waals surface area contributed by atoms with E-state index in [4.69, 9.17) is 16.3 Å². The van der Waals surface area contributed by atoms with Crippen LogP contribution < -0.4 is 10.1 Å². The van der Waals surface area contributed by atoms with E-state index in [1.807, 2.05) is 19.0 Å². The van der Waals surface area contributed by atoms with Gasteiger partial charge in [-0.05, 0) is 32.3 Å². The minimum atomic E-state index is -0.268. The van der Waals surface area contributed by atoms with Crippen LogP contribution >= 0.6 is 11.6 Å². The van der Waals surface area contributed by atoms with Gasteiger partial charge < -0.3 is 19.9 Å². The van der Waals surface area contributed by atoms with Gasteiger partial charge in [0.1, 0.15) is 5.75 Å². The third kappa shape index (κ3) is 5.91. The van der Waals surface area contributed by atoms with Crippen molar-refractivity contribution in [3.05, 3.63) is 23.2 Å². The lowest BCUT2D eigenvalue weighted by Crippen LogP contribution is -2.40. The van der Waals surface area contributed by atoms with Crippen LogP contribution in [0.25, 0.3) is 0 Å². The summed E-state index contributed by atoms with van der Waals surface area (Å²) in [4.78, 5) is 27.1. The molecule has 0 unspecified atom stereocenters. The van der Waals surface area contributed by atoms with Crippen LogP contribution in [0.15, 0.2) is 18.2 Å². The van der Waals surface area contributed by atoms with Gasteiger partial charge in [-0.25, -0.2) is 0 Å². The van der Waals surface area contributed by atoms with Crippen molar-refractivity contribution in [1.82, 2.24) is 9.80 Å². The third-order valence-corrected chi connectivity index (χ3v) is 3.33. The largest absolute Gasteiger partial charge is 0.495 e. The normalized spacial score (nSPS) is 10.5. The fourth-order valence-corrected chi connectivity index (χ4v) is 2.04. The van der Waals surface area contributed by atoms with Crippen LogP contribution in [-0.4, -0.2) is 62.5 Å². The number of ether oxygens (including phenoxy) is 1. The molecule has 0 aliphatic heterocycles. The highest BCUT2D eigenvalue weighted by molar-refractivity contribution is 6.32. The van der Waals surface area contributed by atoms with Crippen molar-refractivity contribution < 1.29 is 14.3 Å². The summed E-state index contributed by atoms with van der Waals surface area (Å²) in [6, 6.07) is 4.98. The first kappa shape index (κ1) is 18.3. The molecule has 122 valence electrons. The molecule has 0 aliphatic carbocycles. The Balaban J connectivity index is 2.63.